The number of thiophene rings is 1. The molecular weight excluding hydrogens is 398 g/mol. The van der Waals surface area contributed by atoms with Crippen LogP contribution in [-0.4, -0.2) is 42.3 Å². The van der Waals surface area contributed by atoms with Crippen molar-refractivity contribution in [2.45, 2.75) is 24.4 Å². The summed E-state index contributed by atoms with van der Waals surface area (Å²) in [5.74, 6) is 1.06. The molecule has 5 rings (SSSR count). The number of fused-ring (bicyclic) bond motifs is 2. The Morgan fingerprint density at radius 3 is 2.71 bits per heavy atom. The molecule has 2 aliphatic rings. The lowest BCUT2D eigenvalue weighted by Gasteiger charge is -2.22. The first-order valence-electron chi connectivity index (χ1n) is 9.12. The van der Waals surface area contributed by atoms with Crippen LogP contribution in [0, 0.1) is 0 Å². The average molecular weight is 418 g/mol. The second-order valence-electron chi connectivity index (χ2n) is 6.72. The molecule has 146 valence electrons. The van der Waals surface area contributed by atoms with E-state index in [1.807, 2.05) is 28.3 Å². The van der Waals surface area contributed by atoms with Crippen LogP contribution in [0.3, 0.4) is 0 Å². The Morgan fingerprint density at radius 1 is 1.04 bits per heavy atom. The summed E-state index contributed by atoms with van der Waals surface area (Å²) in [7, 11) is -3.65. The van der Waals surface area contributed by atoms with Gasteiger partial charge in [-0.1, -0.05) is 6.07 Å². The third-order valence-electron chi connectivity index (χ3n) is 4.90. The topological polar surface area (TPSA) is 73.7 Å². The third kappa shape index (κ3) is 3.09. The van der Waals surface area contributed by atoms with Gasteiger partial charge in [-0.2, -0.15) is 9.40 Å². The Morgan fingerprint density at radius 2 is 1.89 bits per heavy atom. The number of hydrogen-bond donors (Lipinski definition) is 0. The van der Waals surface area contributed by atoms with E-state index in [1.54, 1.807) is 29.5 Å². The first-order chi connectivity index (χ1) is 13.6. The number of benzene rings is 1. The van der Waals surface area contributed by atoms with Gasteiger partial charge in [0, 0.05) is 19.2 Å². The summed E-state index contributed by atoms with van der Waals surface area (Å²) < 4.78 is 41.0. The zero-order chi connectivity index (χ0) is 19.1. The fourth-order valence-corrected chi connectivity index (χ4v) is 5.66. The standard InChI is InChI=1S/C19H19N3O4S2/c23-28(24,15-4-5-17-18(12-15)26-9-8-25-17)21-6-2-7-22-14(13-21)11-16(20-22)19-3-1-10-27-19/h1,3-5,10-12H,2,6-9,13H2. The molecule has 7 nitrogen and oxygen atoms in total. The van der Waals surface area contributed by atoms with Crippen LogP contribution in [0.15, 0.2) is 46.7 Å². The summed E-state index contributed by atoms with van der Waals surface area (Å²) in [5, 5.41) is 6.68. The second-order valence-corrected chi connectivity index (χ2v) is 9.60. The van der Waals surface area contributed by atoms with Crippen molar-refractivity contribution in [2.24, 2.45) is 0 Å². The van der Waals surface area contributed by atoms with Crippen LogP contribution in [0.5, 0.6) is 11.5 Å². The number of sulfonamides is 1. The molecule has 2 aromatic heterocycles. The lowest BCUT2D eigenvalue weighted by Crippen LogP contribution is -2.31. The Labute approximate surface area is 167 Å². The Kier molecular flexibility index (Phi) is 4.37. The van der Waals surface area contributed by atoms with E-state index in [1.165, 1.54) is 4.31 Å². The summed E-state index contributed by atoms with van der Waals surface area (Å²) in [5.41, 5.74) is 1.80. The molecule has 0 saturated carbocycles. The molecule has 0 bridgehead atoms. The summed E-state index contributed by atoms with van der Waals surface area (Å²) in [6.07, 6.45) is 0.711. The average Bonchev–Trinajstić information content (AvgIpc) is 3.33. The molecule has 0 atom stereocenters. The molecule has 0 radical (unpaired) electrons. The normalized spacial score (nSPS) is 17.1. The maximum absolute atomic E-state index is 13.3. The van der Waals surface area contributed by atoms with Gasteiger partial charge in [-0.15, -0.1) is 11.3 Å². The van der Waals surface area contributed by atoms with Crippen molar-refractivity contribution in [3.05, 3.63) is 47.5 Å². The number of ether oxygens (including phenoxy) is 2. The number of nitrogens with zero attached hydrogens (tertiary/aromatic N) is 3. The van der Waals surface area contributed by atoms with E-state index < -0.39 is 10.0 Å². The minimum atomic E-state index is -3.65. The second kappa shape index (κ2) is 6.91. The van der Waals surface area contributed by atoms with E-state index in [-0.39, 0.29) is 4.90 Å². The Hall–Kier alpha value is -2.36. The van der Waals surface area contributed by atoms with Gasteiger partial charge in [-0.25, -0.2) is 8.42 Å². The molecule has 0 fully saturated rings. The monoisotopic (exact) mass is 417 g/mol. The van der Waals surface area contributed by atoms with Crippen LogP contribution in [0.4, 0.5) is 0 Å². The molecule has 0 N–H and O–H groups in total. The highest BCUT2D eigenvalue weighted by molar-refractivity contribution is 7.89. The van der Waals surface area contributed by atoms with E-state index in [0.29, 0.717) is 50.8 Å². The first-order valence-corrected chi connectivity index (χ1v) is 11.4. The van der Waals surface area contributed by atoms with Crippen LogP contribution in [0.2, 0.25) is 0 Å². The molecule has 0 spiro atoms. The number of hydrogen-bond acceptors (Lipinski definition) is 6. The zero-order valence-electron chi connectivity index (χ0n) is 15.1. The molecule has 2 aliphatic heterocycles. The molecule has 28 heavy (non-hydrogen) atoms. The summed E-state index contributed by atoms with van der Waals surface area (Å²) in [4.78, 5) is 1.31. The number of aryl methyl sites for hydroxylation is 1. The fourth-order valence-electron chi connectivity index (χ4n) is 3.52. The van der Waals surface area contributed by atoms with E-state index in [2.05, 4.69) is 5.10 Å². The van der Waals surface area contributed by atoms with Gasteiger partial charge in [0.05, 0.1) is 22.0 Å². The van der Waals surface area contributed by atoms with Crippen LogP contribution in [0.25, 0.3) is 10.6 Å². The molecule has 1 aromatic carbocycles. The van der Waals surface area contributed by atoms with E-state index in [9.17, 15) is 8.42 Å². The zero-order valence-corrected chi connectivity index (χ0v) is 16.7. The quantitative estimate of drug-likeness (QED) is 0.655. The SMILES string of the molecule is O=S(=O)(c1ccc2c(c1)OCCO2)N1CCCn2nc(-c3cccs3)cc2C1. The minimum Gasteiger partial charge on any atom is -0.486 e. The highest BCUT2D eigenvalue weighted by Gasteiger charge is 2.29. The van der Waals surface area contributed by atoms with Gasteiger partial charge in [-0.3, -0.25) is 4.68 Å². The van der Waals surface area contributed by atoms with Crippen LogP contribution < -0.4 is 9.47 Å². The van der Waals surface area contributed by atoms with Crippen molar-refractivity contribution in [1.29, 1.82) is 0 Å². The molecule has 0 aliphatic carbocycles. The highest BCUT2D eigenvalue weighted by Crippen LogP contribution is 2.34. The summed E-state index contributed by atoms with van der Waals surface area (Å²) in [6, 6.07) is 10.8. The molecule has 3 aromatic rings. The van der Waals surface area contributed by atoms with Crippen molar-refractivity contribution >= 4 is 21.4 Å². The van der Waals surface area contributed by atoms with Crippen LogP contribution >= 0.6 is 11.3 Å². The highest BCUT2D eigenvalue weighted by atomic mass is 32.2. The van der Waals surface area contributed by atoms with Crippen LogP contribution in [0.1, 0.15) is 12.1 Å². The van der Waals surface area contributed by atoms with Gasteiger partial charge in [0.25, 0.3) is 0 Å². The Balaban J connectivity index is 1.46. The third-order valence-corrected chi connectivity index (χ3v) is 7.64. The molecule has 9 heteroatoms. The van der Waals surface area contributed by atoms with E-state index >= 15 is 0 Å². The molecular formula is C19H19N3O4S2. The summed E-state index contributed by atoms with van der Waals surface area (Å²) >= 11 is 1.63. The predicted octanol–water partition coefficient (Wildman–Crippen LogP) is 2.98. The van der Waals surface area contributed by atoms with Crippen LogP contribution in [-0.2, 0) is 23.1 Å². The lowest BCUT2D eigenvalue weighted by atomic mass is 10.3. The van der Waals surface area contributed by atoms with E-state index in [0.717, 1.165) is 16.3 Å². The number of rotatable bonds is 3. The van der Waals surface area contributed by atoms with E-state index in [4.69, 9.17) is 9.47 Å². The maximum Gasteiger partial charge on any atom is 0.243 e. The minimum absolute atomic E-state index is 0.225. The smallest absolute Gasteiger partial charge is 0.243 e. The van der Waals surface area contributed by atoms with Crippen molar-refractivity contribution < 1.29 is 17.9 Å². The van der Waals surface area contributed by atoms with Crippen molar-refractivity contribution in [3.8, 4) is 22.1 Å². The van der Waals surface area contributed by atoms with Gasteiger partial charge in [0.2, 0.25) is 10.0 Å². The van der Waals surface area contributed by atoms with Gasteiger partial charge >= 0.3 is 0 Å². The van der Waals surface area contributed by atoms with Gasteiger partial charge in [0.15, 0.2) is 11.5 Å². The Bertz CT molecular complexity index is 1110. The fraction of sp³-hybridized carbons (Fsp3) is 0.316. The summed E-state index contributed by atoms with van der Waals surface area (Å²) in [6.45, 7) is 2.35. The molecule has 4 heterocycles. The van der Waals surface area contributed by atoms with Crippen molar-refractivity contribution in [2.75, 3.05) is 19.8 Å². The lowest BCUT2D eigenvalue weighted by molar-refractivity contribution is 0.171. The van der Waals surface area contributed by atoms with Gasteiger partial charge < -0.3 is 9.47 Å². The van der Waals surface area contributed by atoms with Gasteiger partial charge in [-0.05, 0) is 36.1 Å². The molecule has 0 saturated heterocycles. The molecule has 0 unspecified atom stereocenters. The number of aromatic nitrogens is 2. The largest absolute Gasteiger partial charge is 0.486 e. The molecule has 0 amide bonds. The van der Waals surface area contributed by atoms with Gasteiger partial charge in [0.1, 0.15) is 18.9 Å². The first kappa shape index (κ1) is 17.7. The predicted molar refractivity (Wildman–Crippen MR) is 105 cm³/mol. The van der Waals surface area contributed by atoms with Crippen molar-refractivity contribution in [1.82, 2.24) is 14.1 Å². The van der Waals surface area contributed by atoms with Crippen molar-refractivity contribution in [3.63, 3.8) is 0 Å². The maximum atomic E-state index is 13.3.